The van der Waals surface area contributed by atoms with E-state index >= 15 is 0 Å². The average Bonchev–Trinajstić information content (AvgIpc) is 1.70. The number of thiazole rings is 1. The number of halogens is 1. The molecule has 15 aromatic rings. The van der Waals surface area contributed by atoms with Crippen molar-refractivity contribution in [3.63, 3.8) is 0 Å². The predicted octanol–water partition coefficient (Wildman–Crippen LogP) is 7.06. The molecule has 0 saturated heterocycles. The molecule has 0 radical (unpaired) electrons. The lowest BCUT2D eigenvalue weighted by Gasteiger charge is -2.35. The lowest BCUT2D eigenvalue weighted by molar-refractivity contribution is 0.00731. The van der Waals surface area contributed by atoms with Crippen LogP contribution in [0.5, 0.6) is 0 Å². The Labute approximate surface area is 781 Å². The van der Waals surface area contributed by atoms with E-state index in [0.717, 1.165) is 78.3 Å². The van der Waals surface area contributed by atoms with Gasteiger partial charge in [-0.2, -0.15) is 47.9 Å². The van der Waals surface area contributed by atoms with E-state index in [2.05, 4.69) is 119 Å². The molecule has 137 heavy (non-hydrogen) atoms. The maximum absolute atomic E-state index is 14.4. The van der Waals surface area contributed by atoms with Crippen LogP contribution in [0.1, 0.15) is 135 Å². The molecule has 20 rings (SSSR count). The van der Waals surface area contributed by atoms with Crippen LogP contribution >= 0.6 is 11.3 Å². The zero-order valence-corrected chi connectivity index (χ0v) is 76.9. The molecule has 15 heterocycles. The normalized spacial score (nSPS) is 19.1. The number of methoxy groups -OCH3 is 3. The summed E-state index contributed by atoms with van der Waals surface area (Å²) in [5.74, 6) is 2.69. The number of carbonyl (C=O) groups is 4. The molecule has 48 heteroatoms. The summed E-state index contributed by atoms with van der Waals surface area (Å²) < 4.78 is 48.8. The molecule has 0 unspecified atom stereocenters. The fraction of sp³-hybridized carbons (Fsp3) is 0.360. The van der Waals surface area contributed by atoms with E-state index < -0.39 is 17.6 Å². The van der Waals surface area contributed by atoms with Crippen molar-refractivity contribution >= 4 is 127 Å². The van der Waals surface area contributed by atoms with Gasteiger partial charge in [0, 0.05) is 130 Å². The second kappa shape index (κ2) is 40.3. The van der Waals surface area contributed by atoms with Crippen LogP contribution in [0.2, 0.25) is 0 Å². The first kappa shape index (κ1) is 93.2. The van der Waals surface area contributed by atoms with Gasteiger partial charge < -0.3 is 97.2 Å². The second-order valence-electron chi connectivity index (χ2n) is 33.1. The van der Waals surface area contributed by atoms with Crippen molar-refractivity contribution in [1.29, 1.82) is 0 Å². The Morgan fingerprint density at radius 3 is 1.18 bits per heavy atom. The van der Waals surface area contributed by atoms with E-state index in [4.69, 9.17) is 18.6 Å². The lowest BCUT2D eigenvalue weighted by atomic mass is 9.89. The number of nitrogens with zero attached hydrogens (tertiary/aromatic N) is 20. The summed E-state index contributed by atoms with van der Waals surface area (Å²) >= 11 is 1.42. The SMILES string of the molecule is CNc1cc(Nc2cccn(-c3cnc(C)o3)c2=O)nc2c(C(=O)N[C@@H]3CC[C@H]3OC)cnn12.CNc1cc(Nc2cccn(-c3cnn(C)c3F)c2=O)nc2c(C(=O)N[C@H]3CC[C@@H]3OC)cnn12.CNc1cc(Nc2cccn(-c3ncc(C)s3)c2=O)nc2c(C(=O)N[C@@H]3CC[C@@H]3O)cnn12.CNc1cc(Nc2cccn([C@H]3CCC[C@H](O)C3)c2=O)nc2c(C(=O)N[C@H]3CC[C@@H]3OC)cnn12. The summed E-state index contributed by atoms with van der Waals surface area (Å²) in [4.78, 5) is 132. The molecule has 0 aliphatic heterocycles. The van der Waals surface area contributed by atoms with Gasteiger partial charge in [-0.1, -0.05) is 0 Å². The third-order valence-electron chi connectivity index (χ3n) is 24.6. The lowest BCUT2D eigenvalue weighted by Crippen LogP contribution is -2.51. The smallest absolute Gasteiger partial charge is 0.281 e. The molecule has 5 saturated carbocycles. The highest BCUT2D eigenvalue weighted by Gasteiger charge is 2.38. The topological polar surface area (TPSA) is 546 Å². The van der Waals surface area contributed by atoms with E-state index in [1.54, 1.807) is 157 Å². The minimum atomic E-state index is -0.640. The Morgan fingerprint density at radius 2 is 0.839 bits per heavy atom. The van der Waals surface area contributed by atoms with Crippen LogP contribution < -0.4 is 86.0 Å². The summed E-state index contributed by atoms with van der Waals surface area (Å²) in [6.45, 7) is 3.63. The van der Waals surface area contributed by atoms with Crippen molar-refractivity contribution in [1.82, 2.24) is 118 Å². The second-order valence-corrected chi connectivity index (χ2v) is 34.3. The van der Waals surface area contributed by atoms with E-state index in [1.165, 1.54) is 84.4 Å². The van der Waals surface area contributed by atoms with E-state index in [9.17, 15) is 53.0 Å². The number of carbonyl (C=O) groups excluding carboxylic acids is 4. The van der Waals surface area contributed by atoms with Gasteiger partial charge in [0.05, 0.1) is 91.9 Å². The number of aliphatic hydroxyl groups is 2. The Morgan fingerprint density at radius 1 is 0.453 bits per heavy atom. The first-order valence-electron chi connectivity index (χ1n) is 44.2. The van der Waals surface area contributed by atoms with E-state index in [-0.39, 0.29) is 123 Å². The van der Waals surface area contributed by atoms with Crippen LogP contribution in [0.15, 0.2) is 165 Å². The van der Waals surface area contributed by atoms with Gasteiger partial charge in [0.15, 0.2) is 33.6 Å². The van der Waals surface area contributed by atoms with Crippen LogP contribution in [-0.4, -0.2) is 234 Å². The number of aromatic nitrogens is 20. The van der Waals surface area contributed by atoms with Crippen molar-refractivity contribution in [2.24, 2.45) is 7.05 Å². The highest BCUT2D eigenvalue weighted by atomic mass is 32.1. The van der Waals surface area contributed by atoms with Crippen LogP contribution in [-0.2, 0) is 21.3 Å². The number of rotatable bonds is 27. The van der Waals surface area contributed by atoms with Gasteiger partial charge in [-0.15, -0.1) is 11.3 Å². The Kier molecular flexibility index (Phi) is 27.4. The number of anilines is 12. The maximum Gasteiger partial charge on any atom is 0.281 e. The molecular formula is C89H101FN32O14S. The van der Waals surface area contributed by atoms with E-state index in [1.807, 2.05) is 13.0 Å². The summed E-state index contributed by atoms with van der Waals surface area (Å²) in [6.07, 6.45) is 25.7. The molecule has 0 spiro atoms. The predicted molar refractivity (Wildman–Crippen MR) is 506 cm³/mol. The molecule has 14 N–H and O–H groups in total. The van der Waals surface area contributed by atoms with Gasteiger partial charge >= 0.3 is 0 Å². The minimum absolute atomic E-state index is 0.0104. The number of ether oxygens (including phenoxy) is 3. The number of aliphatic hydroxyl groups excluding tert-OH is 2. The van der Waals surface area contributed by atoms with Gasteiger partial charge in [-0.05, 0) is 133 Å². The van der Waals surface area contributed by atoms with Crippen molar-refractivity contribution in [3.8, 4) is 16.7 Å². The van der Waals surface area contributed by atoms with Crippen molar-refractivity contribution in [2.45, 2.75) is 152 Å². The van der Waals surface area contributed by atoms with Crippen LogP contribution in [0.3, 0.4) is 0 Å². The number of fused-ring (bicyclic) bond motifs is 4. The fourth-order valence-corrected chi connectivity index (χ4v) is 17.2. The average molecular weight is 1890 g/mol. The largest absolute Gasteiger partial charge is 0.425 e. The number of hydrogen-bond donors (Lipinski definition) is 14. The Bertz CT molecular complexity index is 7290. The van der Waals surface area contributed by atoms with Crippen molar-refractivity contribution < 1.29 is 52.4 Å². The Hall–Kier alpha value is -15.7. The minimum Gasteiger partial charge on any atom is -0.425 e. The third kappa shape index (κ3) is 19.3. The van der Waals surface area contributed by atoms with Gasteiger partial charge in [-0.25, -0.2) is 34.6 Å². The highest BCUT2D eigenvalue weighted by molar-refractivity contribution is 7.14. The van der Waals surface area contributed by atoms with Crippen molar-refractivity contribution in [3.05, 3.63) is 221 Å². The monoisotopic (exact) mass is 1890 g/mol. The van der Waals surface area contributed by atoms with Crippen LogP contribution in [0.25, 0.3) is 39.3 Å². The number of aryl methyl sites for hydroxylation is 3. The number of nitrogens with one attached hydrogen (secondary N) is 12. The molecule has 5 fully saturated rings. The number of hydrogen-bond acceptors (Lipinski definition) is 34. The first-order chi connectivity index (χ1) is 66.3. The summed E-state index contributed by atoms with van der Waals surface area (Å²) in [5.41, 5.74) is 2.44. The standard InChI is InChI=1S/C24H31N7O4.C22H24FN9O3.C22H24N8O4.C21H22N8O3S/c1-25-21-12-20(27-18-7-4-10-30(24(18)34)14-5-3-6-15(32)11-14)29-22-16(13-26-31(21)22)23(33)28-17-8-9-19(17)35-2;1-24-18-9-17(27-14-5-4-8-31(22(14)34)15-11-25-30(2)19(15)23)29-20-12(10-26-32(18)20)21(33)28-13-6-7-16(13)35-3;1-12-24-11-19(34-12)29-8-4-5-15(22(29)32)26-17-9-18(23-2)30-20(28-17)13(10-25-30)21(31)27-14-6-7-16(14)33-3;1-11-9-23-21(33-11)28-7-3-4-14(20(28)32)25-16-8-17(22-2)29-18(27-16)12(10-24-29)19(31)26-13-5-6-15(13)30/h4,7,10,12-15,17,19,25,32H,3,5-6,8-9,11H2,1-2H3,(H,27,29)(H,28,33);4-5,8-11,13,16,24H,6-7H2,1-3H3,(H,27,29)(H,28,33);4-5,8-11,14,16,23H,6-7H2,1-3H3,(H,26,28)(H,27,31);3-4,7-10,13,15,22,30H,5-6H2,1-2H3,(H,25,27)(H,26,31)/t14-,15-,17-,19-;13-,16-;14-,16-;13-,15+/m0011/s1. The zero-order chi connectivity index (χ0) is 96.1. The highest BCUT2D eigenvalue weighted by Crippen LogP contribution is 2.33. The van der Waals surface area contributed by atoms with Gasteiger partial charge in [-0.3, -0.25) is 52.1 Å². The van der Waals surface area contributed by atoms with Gasteiger partial charge in [0.2, 0.25) is 11.8 Å². The molecular weight excluding hydrogens is 1790 g/mol. The molecule has 10 atom stereocenters. The molecule has 4 amide bonds. The molecule has 46 nitrogen and oxygen atoms in total. The molecule has 0 aromatic carbocycles. The summed E-state index contributed by atoms with van der Waals surface area (Å²) in [6, 6.07) is 19.8. The molecule has 714 valence electrons. The molecule has 0 bridgehead atoms. The molecule has 15 aromatic heterocycles. The Balaban J connectivity index is 0.000000127. The van der Waals surface area contributed by atoms with Gasteiger partial charge in [0.25, 0.3) is 45.9 Å². The number of amides is 4. The quantitative estimate of drug-likeness (QED) is 0.0245. The third-order valence-corrected chi connectivity index (χ3v) is 25.5. The first-order valence-corrected chi connectivity index (χ1v) is 45.1. The summed E-state index contributed by atoms with van der Waals surface area (Å²) in [7, 11) is 13.3. The van der Waals surface area contributed by atoms with Crippen molar-refractivity contribution in [2.75, 3.05) is 92.1 Å². The zero-order valence-electron chi connectivity index (χ0n) is 76.1. The van der Waals surface area contributed by atoms with Crippen LogP contribution in [0.4, 0.5) is 73.7 Å². The maximum atomic E-state index is 14.4. The molecule has 5 aliphatic carbocycles. The number of oxazole rings is 1. The van der Waals surface area contributed by atoms with Crippen LogP contribution in [0, 0.1) is 19.8 Å². The summed E-state index contributed by atoms with van der Waals surface area (Å²) in [5, 5.41) is 77.6. The number of pyridine rings is 4. The molecule has 5 aliphatic rings. The van der Waals surface area contributed by atoms with E-state index in [0.29, 0.717) is 121 Å². The van der Waals surface area contributed by atoms with Gasteiger partial charge in [0.1, 0.15) is 97.2 Å². The fourth-order valence-electron chi connectivity index (χ4n) is 16.5.